The number of methoxy groups -OCH3 is 2. The topological polar surface area (TPSA) is 84.9 Å². The SMILES string of the molecule is COc1ccc(S(=O)(=O)NC(C)CCCO)c(OC)c1. The normalized spacial score (nSPS) is 13.0. The van der Waals surface area contributed by atoms with Crippen LogP contribution in [0.3, 0.4) is 0 Å². The zero-order chi connectivity index (χ0) is 15.2. The number of benzene rings is 1. The van der Waals surface area contributed by atoms with Crippen LogP contribution in [-0.4, -0.2) is 40.4 Å². The summed E-state index contributed by atoms with van der Waals surface area (Å²) in [6, 6.07) is 4.26. The number of aliphatic hydroxyl groups is 1. The maximum absolute atomic E-state index is 12.3. The first-order chi connectivity index (χ1) is 9.44. The van der Waals surface area contributed by atoms with Crippen LogP contribution in [0.5, 0.6) is 11.5 Å². The average Bonchev–Trinajstić information content (AvgIpc) is 2.43. The molecule has 6 nitrogen and oxygen atoms in total. The van der Waals surface area contributed by atoms with Gasteiger partial charge < -0.3 is 14.6 Å². The number of ether oxygens (including phenoxy) is 2. The molecule has 7 heteroatoms. The Bertz CT molecular complexity index is 530. The highest BCUT2D eigenvalue weighted by molar-refractivity contribution is 7.89. The molecule has 1 atom stereocenters. The minimum absolute atomic E-state index is 0.0396. The van der Waals surface area contributed by atoms with Crippen LogP contribution in [0.15, 0.2) is 23.1 Å². The lowest BCUT2D eigenvalue weighted by Gasteiger charge is -2.16. The number of rotatable bonds is 8. The van der Waals surface area contributed by atoms with Gasteiger partial charge in [-0.3, -0.25) is 0 Å². The van der Waals surface area contributed by atoms with E-state index in [4.69, 9.17) is 14.6 Å². The molecule has 0 aromatic heterocycles. The van der Waals surface area contributed by atoms with Crippen molar-refractivity contribution in [3.63, 3.8) is 0 Å². The molecular weight excluding hydrogens is 282 g/mol. The van der Waals surface area contributed by atoms with Crippen LogP contribution in [0.4, 0.5) is 0 Å². The van der Waals surface area contributed by atoms with Crippen molar-refractivity contribution in [2.45, 2.75) is 30.7 Å². The minimum atomic E-state index is -3.67. The van der Waals surface area contributed by atoms with Gasteiger partial charge in [0, 0.05) is 18.7 Å². The molecule has 0 saturated carbocycles. The van der Waals surface area contributed by atoms with Crippen molar-refractivity contribution in [2.75, 3.05) is 20.8 Å². The second kappa shape index (κ2) is 7.47. The van der Waals surface area contributed by atoms with E-state index in [0.717, 1.165) is 0 Å². The summed E-state index contributed by atoms with van der Waals surface area (Å²) in [5, 5.41) is 8.76. The Morgan fingerprint density at radius 3 is 2.55 bits per heavy atom. The van der Waals surface area contributed by atoms with Crippen LogP contribution >= 0.6 is 0 Å². The second-order valence-corrected chi connectivity index (χ2v) is 6.09. The number of sulfonamides is 1. The lowest BCUT2D eigenvalue weighted by molar-refractivity contribution is 0.279. The van der Waals surface area contributed by atoms with Gasteiger partial charge >= 0.3 is 0 Å². The van der Waals surface area contributed by atoms with E-state index in [1.54, 1.807) is 13.0 Å². The zero-order valence-electron chi connectivity index (χ0n) is 11.9. The second-order valence-electron chi connectivity index (χ2n) is 4.40. The fraction of sp³-hybridized carbons (Fsp3) is 0.538. The number of nitrogens with one attached hydrogen (secondary N) is 1. The van der Waals surface area contributed by atoms with Crippen molar-refractivity contribution in [3.05, 3.63) is 18.2 Å². The number of hydrogen-bond donors (Lipinski definition) is 2. The van der Waals surface area contributed by atoms with Crippen molar-refractivity contribution in [1.29, 1.82) is 0 Å². The van der Waals surface area contributed by atoms with E-state index < -0.39 is 10.0 Å². The largest absolute Gasteiger partial charge is 0.497 e. The van der Waals surface area contributed by atoms with Gasteiger partial charge in [0.25, 0.3) is 0 Å². The molecule has 0 aliphatic heterocycles. The van der Waals surface area contributed by atoms with Crippen molar-refractivity contribution >= 4 is 10.0 Å². The lowest BCUT2D eigenvalue weighted by Crippen LogP contribution is -2.33. The summed E-state index contributed by atoms with van der Waals surface area (Å²) < 4.78 is 37.3. The Kier molecular flexibility index (Phi) is 6.25. The molecule has 0 radical (unpaired) electrons. The van der Waals surface area contributed by atoms with E-state index in [1.807, 2.05) is 0 Å². The van der Waals surface area contributed by atoms with Crippen LogP contribution in [0, 0.1) is 0 Å². The molecule has 2 N–H and O–H groups in total. The fourth-order valence-electron chi connectivity index (χ4n) is 1.78. The van der Waals surface area contributed by atoms with Crippen molar-refractivity contribution in [3.8, 4) is 11.5 Å². The summed E-state index contributed by atoms with van der Waals surface area (Å²) in [4.78, 5) is 0.0663. The van der Waals surface area contributed by atoms with Crippen LogP contribution < -0.4 is 14.2 Å². The predicted octanol–water partition coefficient (Wildman–Crippen LogP) is 1.14. The summed E-state index contributed by atoms with van der Waals surface area (Å²) >= 11 is 0. The lowest BCUT2D eigenvalue weighted by atomic mass is 10.2. The minimum Gasteiger partial charge on any atom is -0.497 e. The first-order valence-corrected chi connectivity index (χ1v) is 7.78. The molecule has 0 fully saturated rings. The molecule has 1 unspecified atom stereocenters. The van der Waals surface area contributed by atoms with Gasteiger partial charge in [-0.25, -0.2) is 13.1 Å². The smallest absolute Gasteiger partial charge is 0.244 e. The van der Waals surface area contributed by atoms with Gasteiger partial charge in [0.15, 0.2) is 0 Å². The first-order valence-electron chi connectivity index (χ1n) is 6.29. The summed E-state index contributed by atoms with van der Waals surface area (Å²) in [6.07, 6.45) is 1.11. The van der Waals surface area contributed by atoms with Crippen LogP contribution in [-0.2, 0) is 10.0 Å². The number of hydrogen-bond acceptors (Lipinski definition) is 5. The van der Waals surface area contributed by atoms with Gasteiger partial charge in [-0.15, -0.1) is 0 Å². The molecule has 0 bridgehead atoms. The molecule has 0 heterocycles. The van der Waals surface area contributed by atoms with Crippen molar-refractivity contribution in [1.82, 2.24) is 4.72 Å². The molecule has 20 heavy (non-hydrogen) atoms. The highest BCUT2D eigenvalue weighted by Gasteiger charge is 2.22. The highest BCUT2D eigenvalue weighted by Crippen LogP contribution is 2.28. The van der Waals surface area contributed by atoms with Gasteiger partial charge in [0.1, 0.15) is 16.4 Å². The molecule has 0 aliphatic carbocycles. The fourth-order valence-corrected chi connectivity index (χ4v) is 3.21. The van der Waals surface area contributed by atoms with E-state index >= 15 is 0 Å². The van der Waals surface area contributed by atoms with Gasteiger partial charge in [0.05, 0.1) is 14.2 Å². The molecule has 0 amide bonds. The Labute approximate surface area is 119 Å². The standard InChI is InChI=1S/C13H21NO5S/c1-10(5-4-8-15)14-20(16,17)13-7-6-11(18-2)9-12(13)19-3/h6-7,9-10,14-15H,4-5,8H2,1-3H3. The van der Waals surface area contributed by atoms with E-state index in [1.165, 1.54) is 26.4 Å². The van der Waals surface area contributed by atoms with Crippen molar-refractivity contribution in [2.24, 2.45) is 0 Å². The Balaban J connectivity index is 2.97. The molecule has 114 valence electrons. The van der Waals surface area contributed by atoms with Gasteiger partial charge in [0.2, 0.25) is 10.0 Å². The van der Waals surface area contributed by atoms with Crippen molar-refractivity contribution < 1.29 is 23.0 Å². The molecule has 0 spiro atoms. The third kappa shape index (κ3) is 4.36. The molecule has 0 aliphatic rings. The van der Waals surface area contributed by atoms with Gasteiger partial charge in [-0.2, -0.15) is 0 Å². The predicted molar refractivity (Wildman–Crippen MR) is 75.6 cm³/mol. The zero-order valence-corrected chi connectivity index (χ0v) is 12.7. The Hall–Kier alpha value is -1.31. The quantitative estimate of drug-likeness (QED) is 0.752. The summed E-state index contributed by atoms with van der Waals surface area (Å²) in [7, 11) is -0.766. The maximum atomic E-state index is 12.3. The highest BCUT2D eigenvalue weighted by atomic mass is 32.2. The Morgan fingerprint density at radius 2 is 2.00 bits per heavy atom. The van der Waals surface area contributed by atoms with E-state index in [9.17, 15) is 8.42 Å². The summed E-state index contributed by atoms with van der Waals surface area (Å²) in [6.45, 7) is 1.79. The summed E-state index contributed by atoms with van der Waals surface area (Å²) in [5.41, 5.74) is 0. The van der Waals surface area contributed by atoms with E-state index in [0.29, 0.717) is 18.6 Å². The van der Waals surface area contributed by atoms with Crippen LogP contribution in [0.25, 0.3) is 0 Å². The monoisotopic (exact) mass is 303 g/mol. The first kappa shape index (κ1) is 16.7. The van der Waals surface area contributed by atoms with Crippen LogP contribution in [0.2, 0.25) is 0 Å². The van der Waals surface area contributed by atoms with E-state index in [2.05, 4.69) is 4.72 Å². The number of aliphatic hydroxyl groups excluding tert-OH is 1. The Morgan fingerprint density at radius 1 is 1.30 bits per heavy atom. The molecule has 1 aromatic carbocycles. The van der Waals surface area contributed by atoms with Gasteiger partial charge in [-0.1, -0.05) is 0 Å². The third-order valence-electron chi connectivity index (χ3n) is 2.81. The molecule has 1 rings (SSSR count). The average molecular weight is 303 g/mol. The molecule has 0 saturated heterocycles. The third-order valence-corrected chi connectivity index (χ3v) is 4.44. The summed E-state index contributed by atoms with van der Waals surface area (Å²) in [5.74, 6) is 0.750. The van der Waals surface area contributed by atoms with E-state index in [-0.39, 0.29) is 23.3 Å². The maximum Gasteiger partial charge on any atom is 0.244 e. The van der Waals surface area contributed by atoms with Gasteiger partial charge in [-0.05, 0) is 31.9 Å². The van der Waals surface area contributed by atoms with Crippen LogP contribution in [0.1, 0.15) is 19.8 Å². The molecule has 1 aromatic rings. The molecular formula is C13H21NO5S.